The maximum Gasteiger partial charge on any atom is 0.326 e. The average Bonchev–Trinajstić information content (AvgIpc) is 3.15. The number of carbonyl (C=O) groups is 2. The summed E-state index contributed by atoms with van der Waals surface area (Å²) in [5.41, 5.74) is 5.03. The maximum absolute atomic E-state index is 13.0. The summed E-state index contributed by atoms with van der Waals surface area (Å²) in [4.78, 5) is 25.9. The molecule has 37 heavy (non-hydrogen) atoms. The fourth-order valence-corrected chi connectivity index (χ4v) is 5.03. The summed E-state index contributed by atoms with van der Waals surface area (Å²) in [6.07, 6.45) is 1.68. The van der Waals surface area contributed by atoms with Crippen molar-refractivity contribution in [3.05, 3.63) is 99.5 Å². The third kappa shape index (κ3) is 6.58. The number of hydrogen-bond donors (Lipinski definition) is 1. The molecular formula is C29H27NO5S2. The third-order valence-electron chi connectivity index (χ3n) is 5.88. The molecule has 1 saturated heterocycles. The largest absolute Gasteiger partial charge is 0.489 e. The smallest absolute Gasteiger partial charge is 0.326 e. The van der Waals surface area contributed by atoms with Crippen LogP contribution in [0.2, 0.25) is 0 Å². The normalized spacial score (nSPS) is 15.2. The van der Waals surface area contributed by atoms with Gasteiger partial charge in [0.1, 0.15) is 35.1 Å². The van der Waals surface area contributed by atoms with E-state index in [0.717, 1.165) is 33.4 Å². The zero-order chi connectivity index (χ0) is 26.5. The zero-order valence-electron chi connectivity index (χ0n) is 20.8. The minimum absolute atomic E-state index is 0.208. The van der Waals surface area contributed by atoms with E-state index in [2.05, 4.69) is 0 Å². The van der Waals surface area contributed by atoms with E-state index in [1.165, 1.54) is 12.5 Å². The second kappa shape index (κ2) is 11.6. The number of rotatable bonds is 9. The average molecular weight is 534 g/mol. The summed E-state index contributed by atoms with van der Waals surface area (Å²) in [6, 6.07) is 20.6. The molecule has 0 bridgehead atoms. The van der Waals surface area contributed by atoms with Crippen LogP contribution in [0.3, 0.4) is 0 Å². The molecule has 1 aliphatic rings. The lowest BCUT2D eigenvalue weighted by atomic mass is 10.1. The number of thiocarbonyl (C=S) groups is 1. The number of ether oxygens (including phenoxy) is 2. The van der Waals surface area contributed by atoms with Crippen molar-refractivity contribution in [3.63, 3.8) is 0 Å². The number of aliphatic carboxylic acids is 1. The predicted molar refractivity (Wildman–Crippen MR) is 150 cm³/mol. The Hall–Kier alpha value is -3.62. The molecule has 0 saturated carbocycles. The van der Waals surface area contributed by atoms with Crippen LogP contribution in [0, 0.1) is 13.8 Å². The number of hydrogen-bond acceptors (Lipinski definition) is 6. The predicted octanol–water partition coefficient (Wildman–Crippen LogP) is 6.14. The van der Waals surface area contributed by atoms with Gasteiger partial charge in [0.05, 0.1) is 4.91 Å². The van der Waals surface area contributed by atoms with E-state index in [1.807, 2.05) is 80.6 Å². The molecule has 3 aromatic carbocycles. The SMILES string of the molecule is Cc1ccc(COc2ccc(OCc3ccc(C)cc3)c(C=C3SC(=S)N(C(C)C(=O)O)C3=O)c2)cc1. The molecule has 0 radical (unpaired) electrons. The van der Waals surface area contributed by atoms with Crippen LogP contribution in [0.4, 0.5) is 0 Å². The van der Waals surface area contributed by atoms with Gasteiger partial charge in [-0.05, 0) is 56.2 Å². The van der Waals surface area contributed by atoms with Crippen molar-refractivity contribution in [2.24, 2.45) is 0 Å². The van der Waals surface area contributed by atoms with E-state index < -0.39 is 17.9 Å². The topological polar surface area (TPSA) is 76.1 Å². The van der Waals surface area contributed by atoms with Gasteiger partial charge in [-0.1, -0.05) is 83.6 Å². The number of benzene rings is 3. The van der Waals surface area contributed by atoms with Gasteiger partial charge in [0, 0.05) is 5.56 Å². The molecule has 4 rings (SSSR count). The van der Waals surface area contributed by atoms with Gasteiger partial charge in [-0.15, -0.1) is 0 Å². The van der Waals surface area contributed by atoms with Crippen LogP contribution in [-0.2, 0) is 22.8 Å². The van der Waals surface area contributed by atoms with Crippen LogP contribution in [0.15, 0.2) is 71.6 Å². The molecule has 0 aromatic heterocycles. The number of aryl methyl sites for hydroxylation is 2. The van der Waals surface area contributed by atoms with Crippen molar-refractivity contribution in [1.82, 2.24) is 4.90 Å². The molecule has 190 valence electrons. The van der Waals surface area contributed by atoms with Crippen LogP contribution in [0.25, 0.3) is 6.08 Å². The Labute approximate surface area is 225 Å². The molecule has 8 heteroatoms. The lowest BCUT2D eigenvalue weighted by molar-refractivity contribution is -0.144. The summed E-state index contributed by atoms with van der Waals surface area (Å²) in [5, 5.41) is 9.38. The van der Waals surface area contributed by atoms with E-state index >= 15 is 0 Å². The minimum atomic E-state index is -1.12. The zero-order valence-corrected chi connectivity index (χ0v) is 22.4. The number of carboxylic acids is 1. The van der Waals surface area contributed by atoms with Crippen LogP contribution in [0.1, 0.15) is 34.7 Å². The quantitative estimate of drug-likeness (QED) is 0.262. The molecule has 6 nitrogen and oxygen atoms in total. The van der Waals surface area contributed by atoms with Crippen LogP contribution < -0.4 is 9.47 Å². The highest BCUT2D eigenvalue weighted by molar-refractivity contribution is 8.26. The molecular weight excluding hydrogens is 506 g/mol. The van der Waals surface area contributed by atoms with E-state index in [4.69, 9.17) is 21.7 Å². The van der Waals surface area contributed by atoms with Gasteiger partial charge in [-0.2, -0.15) is 0 Å². The van der Waals surface area contributed by atoms with Gasteiger partial charge in [0.2, 0.25) is 0 Å². The lowest BCUT2D eigenvalue weighted by Crippen LogP contribution is -2.41. The summed E-state index contributed by atoms with van der Waals surface area (Å²) >= 11 is 6.38. The highest BCUT2D eigenvalue weighted by atomic mass is 32.2. The van der Waals surface area contributed by atoms with Gasteiger partial charge in [0.15, 0.2) is 0 Å². The monoisotopic (exact) mass is 533 g/mol. The molecule has 3 aromatic rings. The summed E-state index contributed by atoms with van der Waals surface area (Å²) in [5.74, 6) is -0.379. The Bertz CT molecular complexity index is 1350. The fourth-order valence-electron chi connectivity index (χ4n) is 3.62. The van der Waals surface area contributed by atoms with Crippen molar-refractivity contribution in [2.45, 2.75) is 40.0 Å². The van der Waals surface area contributed by atoms with Crippen molar-refractivity contribution < 1.29 is 24.2 Å². The van der Waals surface area contributed by atoms with E-state index in [9.17, 15) is 14.7 Å². The number of thioether (sulfide) groups is 1. The molecule has 1 N–H and O–H groups in total. The molecule has 1 atom stereocenters. The van der Waals surface area contributed by atoms with Crippen molar-refractivity contribution in [2.75, 3.05) is 0 Å². The Balaban J connectivity index is 1.61. The molecule has 0 aliphatic carbocycles. The molecule has 0 spiro atoms. The molecule has 1 amide bonds. The summed E-state index contributed by atoms with van der Waals surface area (Å²) in [7, 11) is 0. The van der Waals surface area contributed by atoms with Crippen LogP contribution in [0.5, 0.6) is 11.5 Å². The minimum Gasteiger partial charge on any atom is -0.489 e. The molecule has 1 heterocycles. The Morgan fingerprint density at radius 2 is 1.54 bits per heavy atom. The van der Waals surface area contributed by atoms with Crippen molar-refractivity contribution >= 4 is 46.3 Å². The first kappa shape index (κ1) is 26.4. The Kier molecular flexibility index (Phi) is 8.31. The third-order valence-corrected chi connectivity index (χ3v) is 7.21. The van der Waals surface area contributed by atoms with Gasteiger partial charge in [0.25, 0.3) is 5.91 Å². The van der Waals surface area contributed by atoms with Crippen molar-refractivity contribution in [3.8, 4) is 11.5 Å². The second-order valence-corrected chi connectivity index (χ2v) is 10.5. The highest BCUT2D eigenvalue weighted by Gasteiger charge is 2.38. The number of carbonyl (C=O) groups excluding carboxylic acids is 1. The van der Waals surface area contributed by atoms with Gasteiger partial charge < -0.3 is 14.6 Å². The Morgan fingerprint density at radius 3 is 2.11 bits per heavy atom. The Morgan fingerprint density at radius 1 is 0.973 bits per heavy atom. The summed E-state index contributed by atoms with van der Waals surface area (Å²) < 4.78 is 12.3. The maximum atomic E-state index is 13.0. The van der Waals surface area contributed by atoms with Crippen molar-refractivity contribution in [1.29, 1.82) is 0 Å². The van der Waals surface area contributed by atoms with Gasteiger partial charge >= 0.3 is 5.97 Å². The van der Waals surface area contributed by atoms with Gasteiger partial charge in [-0.25, -0.2) is 4.79 Å². The second-order valence-electron chi connectivity index (χ2n) is 8.81. The lowest BCUT2D eigenvalue weighted by Gasteiger charge is -2.18. The first-order valence-corrected chi connectivity index (χ1v) is 12.9. The number of carboxylic acid groups (broad SMARTS) is 1. The standard InChI is InChI=1S/C29H27NO5S2/c1-18-4-8-21(9-5-18)16-34-24-12-13-25(35-17-22-10-6-19(2)7-11-22)23(14-24)15-26-27(31)30(29(36)37-26)20(3)28(32)33/h4-15,20H,16-17H2,1-3H3,(H,32,33). The van der Waals surface area contributed by atoms with E-state index in [-0.39, 0.29) is 4.32 Å². The number of amides is 1. The van der Waals surface area contributed by atoms with Gasteiger partial charge in [-0.3, -0.25) is 9.69 Å². The van der Waals surface area contributed by atoms with E-state index in [1.54, 1.807) is 6.08 Å². The van der Waals surface area contributed by atoms with Crippen LogP contribution >= 0.6 is 24.0 Å². The molecule has 1 fully saturated rings. The molecule has 1 unspecified atom stereocenters. The molecule has 1 aliphatic heterocycles. The highest BCUT2D eigenvalue weighted by Crippen LogP contribution is 2.36. The van der Waals surface area contributed by atoms with E-state index in [0.29, 0.717) is 35.2 Å². The fraction of sp³-hybridized carbons (Fsp3) is 0.207. The first-order chi connectivity index (χ1) is 17.7. The first-order valence-electron chi connectivity index (χ1n) is 11.7. The van der Waals surface area contributed by atoms with Crippen LogP contribution in [-0.4, -0.2) is 32.2 Å². The number of nitrogens with zero attached hydrogens (tertiary/aromatic N) is 1. The summed E-state index contributed by atoms with van der Waals surface area (Å²) in [6.45, 7) is 6.24.